The van der Waals surface area contributed by atoms with Crippen LogP contribution in [-0.4, -0.2) is 56.2 Å². The number of carboxylic acid groups (broad SMARTS) is 2. The molecule has 0 saturated heterocycles. The molecule has 2 aromatic carbocycles. The number of hydrogen-bond acceptors (Lipinski definition) is 4. The van der Waals surface area contributed by atoms with Gasteiger partial charge < -0.3 is 24.2 Å². The van der Waals surface area contributed by atoms with Crippen LogP contribution in [-0.2, 0) is 41.2 Å². The Morgan fingerprint density at radius 3 is 1.54 bits per heavy atom. The lowest BCUT2D eigenvalue weighted by Gasteiger charge is -2.15. The third-order valence-electron chi connectivity index (χ3n) is 6.59. The highest BCUT2D eigenvalue weighted by Gasteiger charge is 2.37. The third-order valence-corrected chi connectivity index (χ3v) is 6.81. The maximum absolute atomic E-state index is 13.1. The first-order valence-electron chi connectivity index (χ1n) is 13.5. The maximum Gasteiger partial charge on any atom is 0.416 e. The molecule has 266 valence electrons. The standard InChI is InChI=1S/C17H14F6N2O3.C14H8ClF3N2O2/c1-24(2)15(28)13-7-25(8-14(26)27)6-12(13)9-3-10(16(18,19)20)5-11(4-9)17(21,22)23;15-11-2-8(1-10(3-11)14(16,17)18)12-6-20(7-13(21)22)5-9(12)4-19/h3-7H,8H2,1-2H3,(H,26,27);1-3,5-6H,7H2,(H,21,22). The van der Waals surface area contributed by atoms with Gasteiger partial charge in [0.25, 0.3) is 5.91 Å². The zero-order valence-electron chi connectivity index (χ0n) is 25.4. The fourth-order valence-corrected chi connectivity index (χ4v) is 4.73. The van der Waals surface area contributed by atoms with Crippen LogP contribution in [0.1, 0.15) is 32.6 Å². The normalized spacial score (nSPS) is 11.7. The Bertz CT molecular complexity index is 1940. The first-order chi connectivity index (χ1) is 22.9. The minimum Gasteiger partial charge on any atom is -0.480 e. The third kappa shape index (κ3) is 9.81. The van der Waals surface area contributed by atoms with Gasteiger partial charge in [-0.3, -0.25) is 14.4 Å². The van der Waals surface area contributed by atoms with E-state index in [-0.39, 0.29) is 38.9 Å². The summed E-state index contributed by atoms with van der Waals surface area (Å²) in [5, 5.41) is 26.5. The molecular formula is C31H22ClF9N4O5. The van der Waals surface area contributed by atoms with Crippen LogP contribution in [0.2, 0.25) is 5.02 Å². The zero-order chi connectivity index (χ0) is 37.9. The number of carboxylic acids is 2. The summed E-state index contributed by atoms with van der Waals surface area (Å²) < 4.78 is 119. The van der Waals surface area contributed by atoms with Crippen LogP contribution in [0.3, 0.4) is 0 Å². The summed E-state index contributed by atoms with van der Waals surface area (Å²) in [7, 11) is 2.68. The van der Waals surface area contributed by atoms with Crippen molar-refractivity contribution in [3.63, 3.8) is 0 Å². The van der Waals surface area contributed by atoms with Crippen LogP contribution < -0.4 is 0 Å². The Morgan fingerprint density at radius 2 is 1.12 bits per heavy atom. The van der Waals surface area contributed by atoms with E-state index in [1.807, 2.05) is 6.07 Å². The summed E-state index contributed by atoms with van der Waals surface area (Å²) in [6, 6.07) is 5.72. The molecule has 4 rings (SSSR count). The number of hydrogen-bond donors (Lipinski definition) is 2. The van der Waals surface area contributed by atoms with E-state index in [2.05, 4.69) is 0 Å². The molecule has 1 amide bonds. The maximum atomic E-state index is 13.1. The number of carbonyl (C=O) groups excluding carboxylic acids is 1. The van der Waals surface area contributed by atoms with Gasteiger partial charge in [0, 0.05) is 55.0 Å². The van der Waals surface area contributed by atoms with Crippen molar-refractivity contribution >= 4 is 29.4 Å². The molecule has 0 spiro atoms. The quantitative estimate of drug-likeness (QED) is 0.187. The van der Waals surface area contributed by atoms with Crippen molar-refractivity contribution in [3.8, 4) is 28.3 Å². The molecule has 0 aliphatic rings. The fourth-order valence-electron chi connectivity index (χ4n) is 4.49. The molecule has 0 atom stereocenters. The summed E-state index contributed by atoms with van der Waals surface area (Å²) in [6.45, 7) is -1.03. The number of aliphatic carboxylic acids is 2. The lowest BCUT2D eigenvalue weighted by molar-refractivity contribution is -0.143. The van der Waals surface area contributed by atoms with Crippen molar-refractivity contribution < 1.29 is 64.1 Å². The lowest BCUT2D eigenvalue weighted by Crippen LogP contribution is -2.22. The van der Waals surface area contributed by atoms with Crippen LogP contribution in [0.25, 0.3) is 22.3 Å². The average Bonchev–Trinajstić information content (AvgIpc) is 3.58. The van der Waals surface area contributed by atoms with E-state index in [4.69, 9.17) is 27.1 Å². The van der Waals surface area contributed by atoms with Crippen LogP contribution >= 0.6 is 11.6 Å². The molecule has 0 aliphatic carbocycles. The molecule has 4 aromatic rings. The van der Waals surface area contributed by atoms with E-state index in [0.717, 1.165) is 34.0 Å². The predicted octanol–water partition coefficient (Wildman–Crippen LogP) is 7.76. The van der Waals surface area contributed by atoms with Gasteiger partial charge in [-0.25, -0.2) is 0 Å². The van der Waals surface area contributed by atoms with Gasteiger partial charge in [-0.05, 0) is 47.5 Å². The van der Waals surface area contributed by atoms with E-state index in [0.29, 0.717) is 12.1 Å². The molecular weight excluding hydrogens is 715 g/mol. The molecule has 9 nitrogen and oxygen atoms in total. The summed E-state index contributed by atoms with van der Waals surface area (Å²) in [5.41, 5.74) is -4.62. The van der Waals surface area contributed by atoms with E-state index in [1.54, 1.807) is 0 Å². The Hall–Kier alpha value is -5.44. The largest absolute Gasteiger partial charge is 0.480 e. The van der Waals surface area contributed by atoms with Crippen LogP contribution in [0.15, 0.2) is 61.2 Å². The number of aromatic nitrogens is 2. The Labute approximate surface area is 280 Å². The van der Waals surface area contributed by atoms with Crippen molar-refractivity contribution in [2.45, 2.75) is 31.6 Å². The molecule has 2 heterocycles. The van der Waals surface area contributed by atoms with E-state index < -0.39 is 71.7 Å². The second-order valence-electron chi connectivity index (χ2n) is 10.6. The van der Waals surface area contributed by atoms with Crippen molar-refractivity contribution in [2.75, 3.05) is 14.1 Å². The summed E-state index contributed by atoms with van der Waals surface area (Å²) in [6.07, 6.45) is -10.0. The molecule has 50 heavy (non-hydrogen) atoms. The molecule has 0 aliphatic heterocycles. The molecule has 2 N–H and O–H groups in total. The zero-order valence-corrected chi connectivity index (χ0v) is 26.1. The number of nitriles is 1. The number of carbonyl (C=O) groups is 3. The Balaban J connectivity index is 0.000000278. The van der Waals surface area contributed by atoms with Gasteiger partial charge in [-0.2, -0.15) is 44.8 Å². The van der Waals surface area contributed by atoms with E-state index in [9.17, 15) is 53.9 Å². The monoisotopic (exact) mass is 736 g/mol. The van der Waals surface area contributed by atoms with Gasteiger partial charge in [0.15, 0.2) is 0 Å². The Kier molecular flexibility index (Phi) is 11.4. The highest BCUT2D eigenvalue weighted by molar-refractivity contribution is 6.31. The van der Waals surface area contributed by atoms with Gasteiger partial charge in [0.2, 0.25) is 0 Å². The highest BCUT2D eigenvalue weighted by atomic mass is 35.5. The SMILES string of the molecule is CN(C)C(=O)c1cn(CC(=O)O)cc1-c1cc(C(F)(F)F)cc(C(F)(F)F)c1.N#Cc1cn(CC(=O)O)cc1-c1cc(Cl)cc(C(F)(F)F)c1. The van der Waals surface area contributed by atoms with Gasteiger partial charge >= 0.3 is 30.5 Å². The summed E-state index contributed by atoms with van der Waals surface area (Å²) >= 11 is 5.71. The minimum atomic E-state index is -5.05. The number of amides is 1. The summed E-state index contributed by atoms with van der Waals surface area (Å²) in [5.74, 6) is -3.14. The van der Waals surface area contributed by atoms with E-state index >= 15 is 0 Å². The number of halogens is 10. The van der Waals surface area contributed by atoms with Crippen molar-refractivity contribution in [1.29, 1.82) is 5.26 Å². The molecule has 19 heteroatoms. The van der Waals surface area contributed by atoms with Crippen LogP contribution in [0, 0.1) is 11.3 Å². The van der Waals surface area contributed by atoms with Crippen molar-refractivity contribution in [2.24, 2.45) is 0 Å². The van der Waals surface area contributed by atoms with Gasteiger partial charge in [0.1, 0.15) is 19.2 Å². The number of alkyl halides is 9. The van der Waals surface area contributed by atoms with Gasteiger partial charge in [0.05, 0.1) is 27.8 Å². The Morgan fingerprint density at radius 1 is 0.700 bits per heavy atom. The number of nitrogens with zero attached hydrogens (tertiary/aromatic N) is 4. The first-order valence-corrected chi connectivity index (χ1v) is 13.9. The number of rotatable bonds is 7. The molecule has 0 fully saturated rings. The average molecular weight is 737 g/mol. The highest BCUT2D eigenvalue weighted by Crippen LogP contribution is 2.40. The topological polar surface area (TPSA) is 129 Å². The number of benzene rings is 2. The van der Waals surface area contributed by atoms with Crippen LogP contribution in [0.5, 0.6) is 0 Å². The van der Waals surface area contributed by atoms with Crippen molar-refractivity contribution in [3.05, 3.63) is 94.0 Å². The molecule has 0 saturated carbocycles. The second kappa shape index (κ2) is 14.6. The molecule has 0 unspecified atom stereocenters. The van der Waals surface area contributed by atoms with Crippen LogP contribution in [0.4, 0.5) is 39.5 Å². The first kappa shape index (κ1) is 39.0. The predicted molar refractivity (Wildman–Crippen MR) is 158 cm³/mol. The second-order valence-corrected chi connectivity index (χ2v) is 11.1. The smallest absolute Gasteiger partial charge is 0.416 e. The fraction of sp³-hybridized carbons (Fsp3) is 0.226. The molecule has 2 aromatic heterocycles. The molecule has 0 radical (unpaired) electrons. The van der Waals surface area contributed by atoms with Gasteiger partial charge in [-0.15, -0.1) is 0 Å². The molecule has 0 bridgehead atoms. The summed E-state index contributed by atoms with van der Waals surface area (Å²) in [4.78, 5) is 35.0. The van der Waals surface area contributed by atoms with Crippen molar-refractivity contribution in [1.82, 2.24) is 14.0 Å². The van der Waals surface area contributed by atoms with E-state index in [1.165, 1.54) is 37.1 Å². The lowest BCUT2D eigenvalue weighted by atomic mass is 9.98. The van der Waals surface area contributed by atoms with Gasteiger partial charge in [-0.1, -0.05) is 11.6 Å². The minimum absolute atomic E-state index is 0.0226.